The molecule has 0 radical (unpaired) electrons. The van der Waals surface area contributed by atoms with Crippen LogP contribution in [0.15, 0.2) is 79.0 Å². The van der Waals surface area contributed by atoms with Gasteiger partial charge >= 0.3 is 0 Å². The summed E-state index contributed by atoms with van der Waals surface area (Å²) < 4.78 is 2.31. The average Bonchev–Trinajstić information content (AvgIpc) is 3.40. The minimum absolute atomic E-state index is 0.269. The summed E-state index contributed by atoms with van der Waals surface area (Å²) in [7, 11) is 0. The summed E-state index contributed by atoms with van der Waals surface area (Å²) >= 11 is 6.10. The molecule has 4 nitrogen and oxygen atoms in total. The maximum Gasteiger partial charge on any atom is 0.283 e. The van der Waals surface area contributed by atoms with E-state index in [2.05, 4.69) is 69.6 Å². The maximum atomic E-state index is 6.10. The first-order valence-electron chi connectivity index (χ1n) is 10.9. The van der Waals surface area contributed by atoms with Crippen LogP contribution in [0.2, 0.25) is 5.02 Å². The van der Waals surface area contributed by atoms with Crippen molar-refractivity contribution in [1.82, 2.24) is 15.3 Å². The molecule has 2 aliphatic rings. The van der Waals surface area contributed by atoms with Gasteiger partial charge in [0.15, 0.2) is 6.20 Å². The number of aromatic amines is 1. The Balaban J connectivity index is 1.31. The number of benzene rings is 2. The van der Waals surface area contributed by atoms with Gasteiger partial charge in [0, 0.05) is 41.2 Å². The summed E-state index contributed by atoms with van der Waals surface area (Å²) in [6.45, 7) is 0.936. The van der Waals surface area contributed by atoms with Gasteiger partial charge in [0.1, 0.15) is 11.5 Å². The van der Waals surface area contributed by atoms with E-state index in [1.165, 1.54) is 22.6 Å². The van der Waals surface area contributed by atoms with Gasteiger partial charge in [-0.25, -0.2) is 4.98 Å². The van der Waals surface area contributed by atoms with Crippen molar-refractivity contribution in [3.05, 3.63) is 107 Å². The van der Waals surface area contributed by atoms with Gasteiger partial charge in [-0.1, -0.05) is 41.9 Å². The van der Waals surface area contributed by atoms with Gasteiger partial charge in [-0.2, -0.15) is 4.57 Å². The van der Waals surface area contributed by atoms with Crippen molar-refractivity contribution in [2.75, 3.05) is 6.54 Å². The zero-order valence-electron chi connectivity index (χ0n) is 17.1. The molecule has 0 saturated carbocycles. The monoisotopic (exact) mass is 427 g/mol. The van der Waals surface area contributed by atoms with Crippen LogP contribution in [0.5, 0.6) is 0 Å². The standard InChI is InChI=1S/C26H24ClN4/c27-20-12-9-18(10-13-20)26-29-23(24(30-26)25-22-8-4-5-15-31(22)25)19-11-14-21(28-16-19)17-6-2-1-3-7-17/h1-10,12-13,15,19,21,25,28H,11,14,16H2,(H,29,30)/q+1. The number of hydrogen-bond donors (Lipinski definition) is 2. The van der Waals surface area contributed by atoms with E-state index < -0.39 is 0 Å². The van der Waals surface area contributed by atoms with Gasteiger partial charge in [0.2, 0.25) is 0 Å². The Morgan fingerprint density at radius 2 is 1.71 bits per heavy atom. The van der Waals surface area contributed by atoms with E-state index in [9.17, 15) is 0 Å². The first-order chi connectivity index (χ1) is 15.3. The Morgan fingerprint density at radius 3 is 2.42 bits per heavy atom. The highest BCUT2D eigenvalue weighted by Crippen LogP contribution is 2.39. The van der Waals surface area contributed by atoms with Crippen LogP contribution in [0.3, 0.4) is 0 Å². The van der Waals surface area contributed by atoms with Crippen LogP contribution in [-0.4, -0.2) is 16.5 Å². The number of imidazole rings is 1. The molecule has 4 aromatic rings. The second-order valence-corrected chi connectivity index (χ2v) is 8.91. The molecule has 2 N–H and O–H groups in total. The molecule has 0 aliphatic carbocycles. The number of fused-ring (bicyclic) bond motifs is 1. The Hall–Kier alpha value is -2.95. The van der Waals surface area contributed by atoms with Gasteiger partial charge in [0.05, 0.1) is 5.69 Å². The van der Waals surface area contributed by atoms with Crippen molar-refractivity contribution in [3.8, 4) is 11.4 Å². The van der Waals surface area contributed by atoms with E-state index in [1.807, 2.05) is 24.3 Å². The quantitative estimate of drug-likeness (QED) is 0.388. The number of pyridine rings is 1. The minimum atomic E-state index is 0.269. The van der Waals surface area contributed by atoms with Crippen LogP contribution in [-0.2, 0) is 0 Å². The molecule has 0 spiro atoms. The third-order valence-electron chi connectivity index (χ3n) is 6.57. The van der Waals surface area contributed by atoms with Crippen molar-refractivity contribution in [2.45, 2.75) is 30.8 Å². The van der Waals surface area contributed by atoms with Crippen LogP contribution in [0.1, 0.15) is 53.5 Å². The van der Waals surface area contributed by atoms with Gasteiger partial charge in [-0.3, -0.25) is 0 Å². The summed E-state index contributed by atoms with van der Waals surface area (Å²) in [5, 5.41) is 4.51. The lowest BCUT2D eigenvalue weighted by molar-refractivity contribution is -0.585. The predicted molar refractivity (Wildman–Crippen MR) is 122 cm³/mol. The number of H-pyrrole nitrogens is 1. The number of aromatic nitrogens is 3. The highest BCUT2D eigenvalue weighted by Gasteiger charge is 2.49. The van der Waals surface area contributed by atoms with E-state index in [0.717, 1.165) is 35.8 Å². The van der Waals surface area contributed by atoms with E-state index >= 15 is 0 Å². The molecule has 4 heterocycles. The van der Waals surface area contributed by atoms with Crippen molar-refractivity contribution in [1.29, 1.82) is 0 Å². The summed E-state index contributed by atoms with van der Waals surface area (Å²) in [4.78, 5) is 8.79. The number of piperidine rings is 1. The summed E-state index contributed by atoms with van der Waals surface area (Å²) in [5.41, 5.74) is 6.19. The molecule has 1 fully saturated rings. The fraction of sp³-hybridized carbons (Fsp3) is 0.231. The van der Waals surface area contributed by atoms with Crippen LogP contribution >= 0.6 is 11.6 Å². The lowest BCUT2D eigenvalue weighted by Crippen LogP contribution is -2.32. The van der Waals surface area contributed by atoms with Crippen LogP contribution < -0.4 is 9.88 Å². The lowest BCUT2D eigenvalue weighted by atomic mass is 9.88. The molecule has 31 heavy (non-hydrogen) atoms. The molecule has 154 valence electrons. The Labute approximate surface area is 186 Å². The second-order valence-electron chi connectivity index (χ2n) is 8.47. The number of halogens is 1. The second kappa shape index (κ2) is 7.63. The van der Waals surface area contributed by atoms with E-state index in [4.69, 9.17) is 16.6 Å². The van der Waals surface area contributed by atoms with Gasteiger partial charge in [-0.15, -0.1) is 0 Å². The highest BCUT2D eigenvalue weighted by atomic mass is 35.5. The molecule has 5 heteroatoms. The molecule has 0 amide bonds. The van der Waals surface area contributed by atoms with Crippen molar-refractivity contribution >= 4 is 11.6 Å². The molecule has 2 aliphatic heterocycles. The van der Waals surface area contributed by atoms with Crippen LogP contribution in [0.4, 0.5) is 0 Å². The Morgan fingerprint density at radius 1 is 0.903 bits per heavy atom. The van der Waals surface area contributed by atoms with Gasteiger partial charge < -0.3 is 10.3 Å². The summed E-state index contributed by atoms with van der Waals surface area (Å²) in [6.07, 6.45) is 4.39. The molecule has 3 unspecified atom stereocenters. The zero-order valence-corrected chi connectivity index (χ0v) is 17.9. The van der Waals surface area contributed by atoms with E-state index in [1.54, 1.807) is 0 Å². The van der Waals surface area contributed by atoms with E-state index in [0.29, 0.717) is 12.0 Å². The predicted octanol–water partition coefficient (Wildman–Crippen LogP) is 5.18. The third-order valence-corrected chi connectivity index (χ3v) is 6.82. The first kappa shape index (κ1) is 18.8. The SMILES string of the molecule is Clc1ccc(-c2nc(C3CCC(c4ccccc4)NC3)c(C3c4cccc[n+]43)[nH]2)cc1. The maximum absolute atomic E-state index is 6.10. The van der Waals surface area contributed by atoms with Crippen molar-refractivity contribution in [2.24, 2.45) is 0 Å². The molecule has 2 aromatic carbocycles. The fourth-order valence-corrected chi connectivity index (χ4v) is 5.01. The fourth-order valence-electron chi connectivity index (χ4n) is 4.88. The number of nitrogens with zero attached hydrogens (tertiary/aromatic N) is 2. The largest absolute Gasteiger partial charge is 0.336 e. The zero-order chi connectivity index (χ0) is 20.8. The van der Waals surface area contributed by atoms with Crippen LogP contribution in [0, 0.1) is 0 Å². The average molecular weight is 428 g/mol. The lowest BCUT2D eigenvalue weighted by Gasteiger charge is -2.29. The minimum Gasteiger partial charge on any atom is -0.336 e. The normalized spacial score (nSPS) is 22.2. The summed E-state index contributed by atoms with van der Waals surface area (Å²) in [5.74, 6) is 1.31. The summed E-state index contributed by atoms with van der Waals surface area (Å²) in [6, 6.07) is 25.7. The number of nitrogens with one attached hydrogen (secondary N) is 2. The third kappa shape index (κ3) is 3.46. The molecule has 0 bridgehead atoms. The molecular weight excluding hydrogens is 404 g/mol. The molecular formula is C26H24ClN4+. The van der Waals surface area contributed by atoms with Crippen LogP contribution in [0.25, 0.3) is 11.4 Å². The molecule has 1 saturated heterocycles. The first-order valence-corrected chi connectivity index (χ1v) is 11.3. The van der Waals surface area contributed by atoms with E-state index in [-0.39, 0.29) is 6.04 Å². The Bertz CT molecular complexity index is 1180. The molecule has 6 rings (SSSR count). The number of rotatable bonds is 4. The molecule has 3 atom stereocenters. The molecule has 2 aromatic heterocycles. The van der Waals surface area contributed by atoms with Gasteiger partial charge in [-0.05, 0) is 48.7 Å². The van der Waals surface area contributed by atoms with Crippen molar-refractivity contribution < 1.29 is 4.57 Å². The van der Waals surface area contributed by atoms with Crippen molar-refractivity contribution in [3.63, 3.8) is 0 Å². The Kier molecular flexibility index (Phi) is 4.62. The smallest absolute Gasteiger partial charge is 0.283 e. The topological polar surface area (TPSA) is 44.6 Å². The number of hydrogen-bond acceptors (Lipinski definition) is 2. The van der Waals surface area contributed by atoms with Gasteiger partial charge in [0.25, 0.3) is 11.7 Å². The highest BCUT2D eigenvalue weighted by molar-refractivity contribution is 6.30.